The number of guanidine groups is 1. The number of hydrogen-bond acceptors (Lipinski definition) is 4. The van der Waals surface area contributed by atoms with Gasteiger partial charge in [0.25, 0.3) is 0 Å². The minimum absolute atomic E-state index is 0.304. The van der Waals surface area contributed by atoms with Crippen LogP contribution >= 0.6 is 0 Å². The molecule has 6 nitrogen and oxygen atoms in total. The Hall–Kier alpha value is -1.95. The fourth-order valence-corrected chi connectivity index (χ4v) is 2.81. The zero-order chi connectivity index (χ0) is 17.9. The quantitative estimate of drug-likeness (QED) is 0.529. The van der Waals surface area contributed by atoms with Gasteiger partial charge in [-0.15, -0.1) is 0 Å². The number of aliphatic imine (C=N–C) groups is 1. The third-order valence-corrected chi connectivity index (χ3v) is 4.06. The lowest BCUT2D eigenvalue weighted by Crippen LogP contribution is -2.41. The van der Waals surface area contributed by atoms with E-state index in [-0.39, 0.29) is 0 Å². The Balaban J connectivity index is 1.79. The first-order valence-electron chi connectivity index (χ1n) is 9.21. The molecule has 2 rings (SSSR count). The van der Waals surface area contributed by atoms with Crippen molar-refractivity contribution in [2.45, 2.75) is 39.2 Å². The smallest absolute Gasteiger partial charge is 0.191 e. The summed E-state index contributed by atoms with van der Waals surface area (Å²) in [6, 6.07) is 6.12. The summed E-state index contributed by atoms with van der Waals surface area (Å²) in [5, 5.41) is 6.67. The summed E-state index contributed by atoms with van der Waals surface area (Å²) >= 11 is 0. The molecule has 0 saturated carbocycles. The maximum Gasteiger partial charge on any atom is 0.191 e. The van der Waals surface area contributed by atoms with Gasteiger partial charge in [-0.2, -0.15) is 0 Å². The van der Waals surface area contributed by atoms with E-state index in [0.29, 0.717) is 19.3 Å². The molecule has 1 aliphatic heterocycles. The van der Waals surface area contributed by atoms with Crippen LogP contribution in [-0.2, 0) is 11.2 Å². The van der Waals surface area contributed by atoms with Crippen LogP contribution < -0.4 is 20.1 Å². The van der Waals surface area contributed by atoms with E-state index in [1.54, 1.807) is 7.05 Å². The topological polar surface area (TPSA) is 64.1 Å². The van der Waals surface area contributed by atoms with Crippen LogP contribution in [0.15, 0.2) is 23.2 Å². The predicted molar refractivity (Wildman–Crippen MR) is 101 cm³/mol. The number of nitrogens with one attached hydrogen (secondary N) is 2. The summed E-state index contributed by atoms with van der Waals surface area (Å²) in [6.07, 6.45) is 3.46. The van der Waals surface area contributed by atoms with Gasteiger partial charge < -0.3 is 24.8 Å². The van der Waals surface area contributed by atoms with E-state index < -0.39 is 0 Å². The summed E-state index contributed by atoms with van der Waals surface area (Å²) in [5.41, 5.74) is 1.20. The molecule has 0 spiro atoms. The van der Waals surface area contributed by atoms with E-state index in [4.69, 9.17) is 14.2 Å². The molecule has 1 unspecified atom stereocenters. The Morgan fingerprint density at radius 2 is 2.00 bits per heavy atom. The first-order chi connectivity index (χ1) is 12.3. The number of hydrogen-bond donors (Lipinski definition) is 2. The molecule has 1 aliphatic rings. The van der Waals surface area contributed by atoms with E-state index >= 15 is 0 Å². The van der Waals surface area contributed by atoms with Gasteiger partial charge in [0.15, 0.2) is 17.5 Å². The number of ether oxygens (including phenoxy) is 3. The molecule has 25 heavy (non-hydrogen) atoms. The van der Waals surface area contributed by atoms with Crippen LogP contribution in [-0.4, -0.2) is 52.0 Å². The van der Waals surface area contributed by atoms with Gasteiger partial charge in [0.1, 0.15) is 0 Å². The summed E-state index contributed by atoms with van der Waals surface area (Å²) in [4.78, 5) is 4.26. The van der Waals surface area contributed by atoms with Crippen LogP contribution in [0.2, 0.25) is 0 Å². The highest BCUT2D eigenvalue weighted by Crippen LogP contribution is 2.28. The molecular formula is C19H31N3O3. The van der Waals surface area contributed by atoms with Crippen LogP contribution in [0.1, 0.15) is 32.3 Å². The molecule has 6 heteroatoms. The lowest BCUT2D eigenvalue weighted by molar-refractivity contribution is 0.114. The van der Waals surface area contributed by atoms with E-state index in [1.807, 2.05) is 19.9 Å². The number of benzene rings is 1. The number of nitrogens with zero attached hydrogens (tertiary/aromatic N) is 1. The fourth-order valence-electron chi connectivity index (χ4n) is 2.81. The summed E-state index contributed by atoms with van der Waals surface area (Å²) in [7, 11) is 1.79. The Morgan fingerprint density at radius 1 is 1.20 bits per heavy atom. The molecule has 140 valence electrons. The highest BCUT2D eigenvalue weighted by atomic mass is 16.5. The standard InChI is InChI=1S/C19H31N3O3/c1-4-23-17-9-8-15(13-18(17)24-5-2)10-11-21-19(20-3)22-14-16-7-6-12-25-16/h8-9,13,16H,4-7,10-12,14H2,1-3H3,(H2,20,21,22). The van der Waals surface area contributed by atoms with Gasteiger partial charge in [0.2, 0.25) is 0 Å². The van der Waals surface area contributed by atoms with Crippen LogP contribution in [0.5, 0.6) is 11.5 Å². The van der Waals surface area contributed by atoms with E-state index in [2.05, 4.69) is 27.8 Å². The second kappa shape index (κ2) is 10.8. The molecular weight excluding hydrogens is 318 g/mol. The van der Waals surface area contributed by atoms with Crippen molar-refractivity contribution < 1.29 is 14.2 Å². The predicted octanol–water partition coefficient (Wildman–Crippen LogP) is 2.37. The maximum absolute atomic E-state index is 5.68. The molecule has 1 heterocycles. The Bertz CT molecular complexity index is 543. The molecule has 2 N–H and O–H groups in total. The van der Waals surface area contributed by atoms with Gasteiger partial charge in [-0.05, 0) is 50.8 Å². The second-order valence-electron chi connectivity index (χ2n) is 5.91. The zero-order valence-corrected chi connectivity index (χ0v) is 15.6. The van der Waals surface area contributed by atoms with Crippen molar-refractivity contribution in [1.29, 1.82) is 0 Å². The van der Waals surface area contributed by atoms with E-state index in [0.717, 1.165) is 56.4 Å². The lowest BCUT2D eigenvalue weighted by Gasteiger charge is -2.15. The molecule has 1 fully saturated rings. The molecule has 0 amide bonds. The summed E-state index contributed by atoms with van der Waals surface area (Å²) in [6.45, 7) is 7.69. The molecule has 0 aliphatic carbocycles. The van der Waals surface area contributed by atoms with Crippen molar-refractivity contribution in [3.63, 3.8) is 0 Å². The zero-order valence-electron chi connectivity index (χ0n) is 15.6. The molecule has 0 aromatic heterocycles. The molecule has 0 bridgehead atoms. The fraction of sp³-hybridized carbons (Fsp3) is 0.632. The Kier molecular flexibility index (Phi) is 8.39. The van der Waals surface area contributed by atoms with Gasteiger partial charge in [-0.1, -0.05) is 6.07 Å². The lowest BCUT2D eigenvalue weighted by atomic mass is 10.1. The van der Waals surface area contributed by atoms with Crippen molar-refractivity contribution in [2.24, 2.45) is 4.99 Å². The van der Waals surface area contributed by atoms with E-state index in [9.17, 15) is 0 Å². The number of rotatable bonds is 9. The first kappa shape index (κ1) is 19.4. The van der Waals surface area contributed by atoms with Gasteiger partial charge in [0.05, 0.1) is 19.3 Å². The summed E-state index contributed by atoms with van der Waals surface area (Å²) in [5.74, 6) is 2.42. The van der Waals surface area contributed by atoms with Gasteiger partial charge in [-0.3, -0.25) is 4.99 Å². The van der Waals surface area contributed by atoms with Gasteiger partial charge in [0, 0.05) is 26.7 Å². The van der Waals surface area contributed by atoms with Gasteiger partial charge in [-0.25, -0.2) is 0 Å². The monoisotopic (exact) mass is 349 g/mol. The van der Waals surface area contributed by atoms with E-state index in [1.165, 1.54) is 5.56 Å². The van der Waals surface area contributed by atoms with Crippen molar-refractivity contribution in [3.05, 3.63) is 23.8 Å². The Labute approximate surface area is 151 Å². The molecule has 0 radical (unpaired) electrons. The van der Waals surface area contributed by atoms with Crippen LogP contribution in [0, 0.1) is 0 Å². The minimum atomic E-state index is 0.304. The second-order valence-corrected chi connectivity index (χ2v) is 5.91. The van der Waals surface area contributed by atoms with Gasteiger partial charge >= 0.3 is 0 Å². The molecule has 1 atom stereocenters. The third-order valence-electron chi connectivity index (χ3n) is 4.06. The van der Waals surface area contributed by atoms with Crippen molar-refractivity contribution >= 4 is 5.96 Å². The summed E-state index contributed by atoms with van der Waals surface area (Å²) < 4.78 is 16.9. The largest absolute Gasteiger partial charge is 0.490 e. The van der Waals surface area contributed by atoms with Crippen molar-refractivity contribution in [1.82, 2.24) is 10.6 Å². The highest BCUT2D eigenvalue weighted by molar-refractivity contribution is 5.79. The molecule has 1 aromatic rings. The maximum atomic E-state index is 5.68. The average molecular weight is 349 g/mol. The third kappa shape index (κ3) is 6.46. The highest BCUT2D eigenvalue weighted by Gasteiger charge is 2.15. The van der Waals surface area contributed by atoms with Crippen molar-refractivity contribution in [3.8, 4) is 11.5 Å². The Morgan fingerprint density at radius 3 is 2.68 bits per heavy atom. The van der Waals surface area contributed by atoms with Crippen LogP contribution in [0.25, 0.3) is 0 Å². The van der Waals surface area contributed by atoms with Crippen LogP contribution in [0.3, 0.4) is 0 Å². The first-order valence-corrected chi connectivity index (χ1v) is 9.21. The van der Waals surface area contributed by atoms with Crippen LogP contribution in [0.4, 0.5) is 0 Å². The SMILES string of the molecule is CCOc1ccc(CCNC(=NC)NCC2CCCO2)cc1OCC. The average Bonchev–Trinajstić information content (AvgIpc) is 3.14. The van der Waals surface area contributed by atoms with Crippen molar-refractivity contribution in [2.75, 3.05) is 40.0 Å². The minimum Gasteiger partial charge on any atom is -0.490 e. The normalized spacial score (nSPS) is 17.4. The molecule has 1 saturated heterocycles. The molecule has 1 aromatic carbocycles.